The third-order valence-electron chi connectivity index (χ3n) is 4.96. The van der Waals surface area contributed by atoms with Crippen molar-refractivity contribution in [3.63, 3.8) is 0 Å². The first-order chi connectivity index (χ1) is 16.3. The number of hydrogen-bond acceptors (Lipinski definition) is 6. The van der Waals surface area contributed by atoms with E-state index in [1.54, 1.807) is 6.07 Å². The first-order valence-corrected chi connectivity index (χ1v) is 11.1. The summed E-state index contributed by atoms with van der Waals surface area (Å²) in [7, 11) is 3.86. The smallest absolute Gasteiger partial charge is 0.267 e. The van der Waals surface area contributed by atoms with Gasteiger partial charge in [0.1, 0.15) is 0 Å². The number of rotatable bonds is 11. The number of carbonyl (C=O) groups excluding carboxylic acids is 1. The quantitative estimate of drug-likeness (QED) is 0.423. The standard InChI is InChI=1S/C26H31N5O3/c1-5-34-19(2)27-22-10-6-8-20(16-22)18-31-26(33)13-12-24(29-31)21-9-7-11-23(17-21)28-25(32)14-15-30(3)4/h6-13,16-17,27H,2,5,14-15,18H2,1,3-4H3,(H,28,32). The molecule has 0 saturated heterocycles. The van der Waals surface area contributed by atoms with Crippen LogP contribution in [0.3, 0.4) is 0 Å². The van der Waals surface area contributed by atoms with Gasteiger partial charge >= 0.3 is 0 Å². The molecule has 8 heteroatoms. The normalized spacial score (nSPS) is 10.7. The van der Waals surface area contributed by atoms with E-state index in [0.29, 0.717) is 43.4 Å². The molecule has 1 aromatic heterocycles. The van der Waals surface area contributed by atoms with Crippen LogP contribution in [0.2, 0.25) is 0 Å². The van der Waals surface area contributed by atoms with E-state index >= 15 is 0 Å². The van der Waals surface area contributed by atoms with Crippen molar-refractivity contribution >= 4 is 17.3 Å². The number of aromatic nitrogens is 2. The molecule has 2 aromatic carbocycles. The maximum Gasteiger partial charge on any atom is 0.267 e. The van der Waals surface area contributed by atoms with Crippen molar-refractivity contribution in [2.24, 2.45) is 0 Å². The van der Waals surface area contributed by atoms with E-state index in [1.165, 1.54) is 10.7 Å². The highest BCUT2D eigenvalue weighted by Gasteiger charge is 2.08. The minimum absolute atomic E-state index is 0.0516. The second-order valence-corrected chi connectivity index (χ2v) is 8.08. The molecule has 178 valence electrons. The van der Waals surface area contributed by atoms with E-state index in [2.05, 4.69) is 22.3 Å². The fourth-order valence-corrected chi connectivity index (χ4v) is 3.31. The molecule has 0 aliphatic rings. The van der Waals surface area contributed by atoms with Crippen LogP contribution in [0.1, 0.15) is 18.9 Å². The average molecular weight is 462 g/mol. The summed E-state index contributed by atoms with van der Waals surface area (Å²) in [4.78, 5) is 26.6. The fourth-order valence-electron chi connectivity index (χ4n) is 3.31. The Kier molecular flexibility index (Phi) is 8.59. The highest BCUT2D eigenvalue weighted by atomic mass is 16.5. The molecule has 0 fully saturated rings. The minimum Gasteiger partial charge on any atom is -0.480 e. The van der Waals surface area contributed by atoms with Crippen molar-refractivity contribution in [2.75, 3.05) is 37.9 Å². The van der Waals surface area contributed by atoms with Crippen LogP contribution < -0.4 is 16.2 Å². The van der Waals surface area contributed by atoms with Gasteiger partial charge in [-0.3, -0.25) is 9.59 Å². The molecule has 0 atom stereocenters. The predicted octanol–water partition coefficient (Wildman–Crippen LogP) is 3.77. The van der Waals surface area contributed by atoms with E-state index in [-0.39, 0.29) is 11.5 Å². The Bertz CT molecular complexity index is 1200. The van der Waals surface area contributed by atoms with E-state index < -0.39 is 0 Å². The van der Waals surface area contributed by atoms with Crippen molar-refractivity contribution in [3.8, 4) is 11.3 Å². The first kappa shape index (κ1) is 24.7. The summed E-state index contributed by atoms with van der Waals surface area (Å²) < 4.78 is 6.77. The zero-order chi connectivity index (χ0) is 24.5. The molecule has 0 bridgehead atoms. The van der Waals surface area contributed by atoms with Gasteiger partial charge in [0.15, 0.2) is 5.88 Å². The molecule has 1 heterocycles. The maximum atomic E-state index is 12.5. The van der Waals surface area contributed by atoms with Gasteiger partial charge in [-0.25, -0.2) is 4.68 Å². The van der Waals surface area contributed by atoms with Crippen molar-refractivity contribution in [1.82, 2.24) is 14.7 Å². The second-order valence-electron chi connectivity index (χ2n) is 8.08. The van der Waals surface area contributed by atoms with Crippen LogP contribution in [0, 0.1) is 0 Å². The number of hydrogen-bond donors (Lipinski definition) is 2. The summed E-state index contributed by atoms with van der Waals surface area (Å²) in [6, 6.07) is 18.3. The van der Waals surface area contributed by atoms with Crippen LogP contribution in [0.25, 0.3) is 11.3 Å². The van der Waals surface area contributed by atoms with Crippen LogP contribution in [-0.2, 0) is 16.1 Å². The molecule has 0 radical (unpaired) electrons. The highest BCUT2D eigenvalue weighted by molar-refractivity contribution is 5.91. The molecule has 0 aliphatic heterocycles. The van der Waals surface area contributed by atoms with Crippen LogP contribution in [0.15, 0.2) is 77.9 Å². The fraction of sp³-hybridized carbons (Fsp3) is 0.269. The van der Waals surface area contributed by atoms with Crippen LogP contribution >= 0.6 is 0 Å². The lowest BCUT2D eigenvalue weighted by molar-refractivity contribution is -0.116. The monoisotopic (exact) mass is 461 g/mol. The number of amides is 1. The number of carbonyl (C=O) groups is 1. The number of nitrogens with zero attached hydrogens (tertiary/aromatic N) is 3. The largest absolute Gasteiger partial charge is 0.480 e. The number of anilines is 2. The Morgan fingerprint density at radius 3 is 2.53 bits per heavy atom. The van der Waals surface area contributed by atoms with Gasteiger partial charge in [-0.05, 0) is 63.5 Å². The lowest BCUT2D eigenvalue weighted by atomic mass is 10.1. The Morgan fingerprint density at radius 2 is 1.79 bits per heavy atom. The molecular weight excluding hydrogens is 430 g/mol. The second kappa shape index (κ2) is 11.8. The molecule has 0 saturated carbocycles. The average Bonchev–Trinajstić information content (AvgIpc) is 2.80. The number of benzene rings is 2. The van der Waals surface area contributed by atoms with E-state index in [0.717, 1.165) is 16.8 Å². The first-order valence-electron chi connectivity index (χ1n) is 11.1. The Labute approximate surface area is 199 Å². The summed E-state index contributed by atoms with van der Waals surface area (Å²) in [6.07, 6.45) is 0.409. The van der Waals surface area contributed by atoms with Crippen LogP contribution in [0.4, 0.5) is 11.4 Å². The minimum atomic E-state index is -0.200. The van der Waals surface area contributed by atoms with Gasteiger partial charge in [0.05, 0.1) is 18.8 Å². The maximum absolute atomic E-state index is 12.5. The van der Waals surface area contributed by atoms with Gasteiger partial charge in [0.2, 0.25) is 5.91 Å². The van der Waals surface area contributed by atoms with E-state index in [9.17, 15) is 9.59 Å². The predicted molar refractivity (Wildman–Crippen MR) is 136 cm³/mol. The molecule has 0 unspecified atom stereocenters. The molecule has 3 rings (SSSR count). The summed E-state index contributed by atoms with van der Waals surface area (Å²) >= 11 is 0. The van der Waals surface area contributed by atoms with Gasteiger partial charge in [0, 0.05) is 36.0 Å². The molecule has 0 spiro atoms. The van der Waals surface area contributed by atoms with E-state index in [4.69, 9.17) is 4.74 Å². The van der Waals surface area contributed by atoms with Crippen molar-refractivity contribution < 1.29 is 9.53 Å². The Morgan fingerprint density at radius 1 is 1.06 bits per heavy atom. The Balaban J connectivity index is 1.76. The van der Waals surface area contributed by atoms with Crippen LogP contribution in [0.5, 0.6) is 0 Å². The molecule has 34 heavy (non-hydrogen) atoms. The van der Waals surface area contributed by atoms with Gasteiger partial charge in [-0.1, -0.05) is 24.3 Å². The lowest BCUT2D eigenvalue weighted by Crippen LogP contribution is -2.23. The lowest BCUT2D eigenvalue weighted by Gasteiger charge is -2.12. The molecule has 0 aliphatic carbocycles. The zero-order valence-corrected chi connectivity index (χ0v) is 19.9. The number of ether oxygens (including phenoxy) is 1. The summed E-state index contributed by atoms with van der Waals surface area (Å²) in [5.41, 5.74) is 3.66. The molecule has 8 nitrogen and oxygen atoms in total. The van der Waals surface area contributed by atoms with Crippen molar-refractivity contribution in [1.29, 1.82) is 0 Å². The van der Waals surface area contributed by atoms with Crippen molar-refractivity contribution in [3.05, 3.63) is 89.0 Å². The van der Waals surface area contributed by atoms with Gasteiger partial charge < -0.3 is 20.3 Å². The number of nitrogens with one attached hydrogen (secondary N) is 2. The van der Waals surface area contributed by atoms with Crippen molar-refractivity contribution in [2.45, 2.75) is 19.9 Å². The zero-order valence-electron chi connectivity index (χ0n) is 19.9. The third kappa shape index (κ3) is 7.31. The summed E-state index contributed by atoms with van der Waals surface area (Å²) in [5, 5.41) is 10.6. The topological polar surface area (TPSA) is 88.5 Å². The Hall–Kier alpha value is -3.91. The molecule has 2 N–H and O–H groups in total. The third-order valence-corrected chi connectivity index (χ3v) is 4.96. The SMILES string of the molecule is C=C(Nc1cccc(Cn2nc(-c3cccc(NC(=O)CCN(C)C)c3)ccc2=O)c1)OCC. The van der Waals surface area contributed by atoms with Crippen LogP contribution in [-0.4, -0.2) is 47.8 Å². The summed E-state index contributed by atoms with van der Waals surface area (Å²) in [5.74, 6) is 0.412. The molecular formula is C26H31N5O3. The molecule has 3 aromatic rings. The van der Waals surface area contributed by atoms with Gasteiger partial charge in [-0.2, -0.15) is 5.10 Å². The van der Waals surface area contributed by atoms with Gasteiger partial charge in [-0.15, -0.1) is 0 Å². The van der Waals surface area contributed by atoms with Gasteiger partial charge in [0.25, 0.3) is 5.56 Å². The highest BCUT2D eigenvalue weighted by Crippen LogP contribution is 2.20. The van der Waals surface area contributed by atoms with E-state index in [1.807, 2.05) is 74.4 Å². The summed E-state index contributed by atoms with van der Waals surface area (Å²) in [6.45, 7) is 7.23. The molecule has 1 amide bonds.